The third-order valence-corrected chi connectivity index (χ3v) is 4.12. The number of ether oxygens (including phenoxy) is 1. The average Bonchev–Trinajstić information content (AvgIpc) is 2.81. The second kappa shape index (κ2) is 4.62. The number of fused-ring (bicyclic) bond motifs is 1. The van der Waals surface area contributed by atoms with Gasteiger partial charge in [0.2, 0.25) is 5.91 Å². The van der Waals surface area contributed by atoms with Crippen molar-refractivity contribution in [1.29, 1.82) is 0 Å². The summed E-state index contributed by atoms with van der Waals surface area (Å²) in [4.78, 5) is 26.2. The Morgan fingerprint density at radius 3 is 2.85 bits per heavy atom. The molecule has 0 N–H and O–H groups in total. The summed E-state index contributed by atoms with van der Waals surface area (Å²) < 4.78 is 6.10. The highest BCUT2D eigenvalue weighted by molar-refractivity contribution is 6.00. The van der Waals surface area contributed by atoms with E-state index in [-0.39, 0.29) is 17.6 Å². The van der Waals surface area contributed by atoms with E-state index >= 15 is 0 Å². The number of carbonyl (C=O) groups excluding carboxylic acids is 2. The van der Waals surface area contributed by atoms with Crippen molar-refractivity contribution in [1.82, 2.24) is 4.90 Å². The van der Waals surface area contributed by atoms with Crippen LogP contribution < -0.4 is 4.74 Å². The molecule has 1 fully saturated rings. The Balaban J connectivity index is 1.83. The van der Waals surface area contributed by atoms with Crippen molar-refractivity contribution in [2.24, 2.45) is 5.92 Å². The van der Waals surface area contributed by atoms with E-state index < -0.39 is 5.60 Å². The van der Waals surface area contributed by atoms with Gasteiger partial charge >= 0.3 is 0 Å². The zero-order valence-electron chi connectivity index (χ0n) is 11.9. The van der Waals surface area contributed by atoms with Crippen LogP contribution in [0, 0.1) is 5.92 Å². The molecule has 0 saturated carbocycles. The summed E-state index contributed by atoms with van der Waals surface area (Å²) in [5, 5.41) is 0. The standard InChI is InChI=1S/C16H19NO3/c1-11(2)15(19)17-8-7-16(10-17)9-13(18)12-5-3-4-6-14(12)20-16/h3-6,11H,7-10H2,1-2H3. The lowest BCUT2D eigenvalue weighted by atomic mass is 9.89. The molecule has 1 atom stereocenters. The molecule has 1 aromatic carbocycles. The predicted octanol–water partition coefficient (Wildman–Crippen LogP) is 2.28. The maximum Gasteiger partial charge on any atom is 0.225 e. The first-order valence-electron chi connectivity index (χ1n) is 7.11. The van der Waals surface area contributed by atoms with Crippen molar-refractivity contribution in [3.05, 3.63) is 29.8 Å². The highest BCUT2D eigenvalue weighted by atomic mass is 16.5. The Morgan fingerprint density at radius 1 is 1.35 bits per heavy atom. The first-order chi connectivity index (χ1) is 9.51. The van der Waals surface area contributed by atoms with Crippen LogP contribution in [0.2, 0.25) is 0 Å². The molecule has 106 valence electrons. The SMILES string of the molecule is CC(C)C(=O)N1CCC2(CC(=O)c3ccccc3O2)C1. The van der Waals surface area contributed by atoms with Gasteiger partial charge in [0.15, 0.2) is 5.78 Å². The normalized spacial score (nSPS) is 24.9. The molecule has 20 heavy (non-hydrogen) atoms. The van der Waals surface area contributed by atoms with Gasteiger partial charge in [0.05, 0.1) is 18.5 Å². The molecule has 4 heteroatoms. The molecule has 0 radical (unpaired) electrons. The smallest absolute Gasteiger partial charge is 0.225 e. The second-order valence-corrected chi connectivity index (χ2v) is 6.05. The Bertz CT molecular complexity index is 567. The van der Waals surface area contributed by atoms with Crippen LogP contribution in [0.25, 0.3) is 0 Å². The van der Waals surface area contributed by atoms with Crippen LogP contribution in [0.3, 0.4) is 0 Å². The number of rotatable bonds is 1. The van der Waals surface area contributed by atoms with Crippen molar-refractivity contribution in [3.8, 4) is 5.75 Å². The van der Waals surface area contributed by atoms with Gasteiger partial charge in [-0.15, -0.1) is 0 Å². The quantitative estimate of drug-likeness (QED) is 0.788. The van der Waals surface area contributed by atoms with Crippen molar-refractivity contribution >= 4 is 11.7 Å². The molecule has 3 rings (SSSR count). The van der Waals surface area contributed by atoms with Gasteiger partial charge in [-0.1, -0.05) is 26.0 Å². The number of likely N-dealkylation sites (tertiary alicyclic amines) is 1. The number of carbonyl (C=O) groups is 2. The predicted molar refractivity (Wildman–Crippen MR) is 74.8 cm³/mol. The van der Waals surface area contributed by atoms with Crippen LogP contribution in [-0.2, 0) is 4.79 Å². The van der Waals surface area contributed by atoms with Crippen LogP contribution in [-0.4, -0.2) is 35.3 Å². The highest BCUT2D eigenvalue weighted by Crippen LogP contribution is 2.38. The third-order valence-electron chi connectivity index (χ3n) is 4.12. The molecule has 2 heterocycles. The van der Waals surface area contributed by atoms with E-state index in [1.165, 1.54) is 0 Å². The van der Waals surface area contributed by atoms with E-state index in [1.807, 2.05) is 36.9 Å². The van der Waals surface area contributed by atoms with Gasteiger partial charge in [0.1, 0.15) is 11.4 Å². The largest absolute Gasteiger partial charge is 0.484 e. The lowest BCUT2D eigenvalue weighted by Gasteiger charge is -2.34. The van der Waals surface area contributed by atoms with E-state index in [0.29, 0.717) is 30.8 Å². The number of hydrogen-bond acceptors (Lipinski definition) is 3. The first-order valence-corrected chi connectivity index (χ1v) is 7.11. The topological polar surface area (TPSA) is 46.6 Å². The molecule has 1 spiro atoms. The molecule has 2 aliphatic rings. The fraction of sp³-hybridized carbons (Fsp3) is 0.500. The van der Waals surface area contributed by atoms with E-state index in [2.05, 4.69) is 0 Å². The lowest BCUT2D eigenvalue weighted by Crippen LogP contribution is -2.45. The molecule has 0 bridgehead atoms. The summed E-state index contributed by atoms with van der Waals surface area (Å²) in [6.45, 7) is 4.99. The number of benzene rings is 1. The minimum Gasteiger partial charge on any atom is -0.484 e. The third kappa shape index (κ3) is 2.09. The summed E-state index contributed by atoms with van der Waals surface area (Å²) in [5.41, 5.74) is 0.141. The second-order valence-electron chi connectivity index (χ2n) is 6.05. The summed E-state index contributed by atoms with van der Waals surface area (Å²) in [7, 11) is 0. The monoisotopic (exact) mass is 273 g/mol. The van der Waals surface area contributed by atoms with E-state index in [1.54, 1.807) is 6.07 Å². The Kier molecular flexibility index (Phi) is 3.04. The Labute approximate surface area is 118 Å². The summed E-state index contributed by atoms with van der Waals surface area (Å²) in [5.74, 6) is 0.891. The molecule has 1 unspecified atom stereocenters. The number of amides is 1. The molecular weight excluding hydrogens is 254 g/mol. The van der Waals surface area contributed by atoms with E-state index in [4.69, 9.17) is 4.74 Å². The fourth-order valence-corrected chi connectivity index (χ4v) is 3.07. The number of Topliss-reactive ketones (excluding diaryl/α,β-unsaturated/α-hetero) is 1. The van der Waals surface area contributed by atoms with Crippen LogP contribution in [0.5, 0.6) is 5.75 Å². The van der Waals surface area contributed by atoms with Crippen molar-refractivity contribution in [3.63, 3.8) is 0 Å². The van der Waals surface area contributed by atoms with Gasteiger partial charge in [-0.2, -0.15) is 0 Å². The molecule has 0 aromatic heterocycles. The maximum atomic E-state index is 12.3. The lowest BCUT2D eigenvalue weighted by molar-refractivity contribution is -0.134. The average molecular weight is 273 g/mol. The fourth-order valence-electron chi connectivity index (χ4n) is 3.07. The van der Waals surface area contributed by atoms with Gasteiger partial charge < -0.3 is 9.64 Å². The van der Waals surface area contributed by atoms with E-state index in [9.17, 15) is 9.59 Å². The number of ketones is 1. The zero-order chi connectivity index (χ0) is 14.3. The maximum absolute atomic E-state index is 12.3. The molecule has 2 aliphatic heterocycles. The van der Waals surface area contributed by atoms with Crippen LogP contribution in [0.15, 0.2) is 24.3 Å². The summed E-state index contributed by atoms with van der Waals surface area (Å²) in [6, 6.07) is 7.36. The molecule has 1 amide bonds. The summed E-state index contributed by atoms with van der Waals surface area (Å²) >= 11 is 0. The van der Waals surface area contributed by atoms with Gasteiger partial charge in [0, 0.05) is 18.9 Å². The first kappa shape index (κ1) is 13.2. The number of nitrogens with zero attached hydrogens (tertiary/aromatic N) is 1. The molecule has 1 aromatic rings. The van der Waals surface area contributed by atoms with Crippen LogP contribution >= 0.6 is 0 Å². The zero-order valence-corrected chi connectivity index (χ0v) is 11.9. The van der Waals surface area contributed by atoms with Crippen molar-refractivity contribution in [2.45, 2.75) is 32.3 Å². The van der Waals surface area contributed by atoms with E-state index in [0.717, 1.165) is 6.42 Å². The summed E-state index contributed by atoms with van der Waals surface area (Å²) in [6.07, 6.45) is 1.09. The number of hydrogen-bond donors (Lipinski definition) is 0. The molecule has 1 saturated heterocycles. The van der Waals surface area contributed by atoms with Crippen LogP contribution in [0.4, 0.5) is 0 Å². The molecule has 0 aliphatic carbocycles. The molecule has 4 nitrogen and oxygen atoms in total. The van der Waals surface area contributed by atoms with Gasteiger partial charge in [-0.25, -0.2) is 0 Å². The Morgan fingerprint density at radius 2 is 2.10 bits per heavy atom. The minimum absolute atomic E-state index is 0.0169. The van der Waals surface area contributed by atoms with Gasteiger partial charge in [-0.05, 0) is 12.1 Å². The van der Waals surface area contributed by atoms with Crippen molar-refractivity contribution in [2.75, 3.05) is 13.1 Å². The van der Waals surface area contributed by atoms with Crippen molar-refractivity contribution < 1.29 is 14.3 Å². The highest BCUT2D eigenvalue weighted by Gasteiger charge is 2.47. The van der Waals surface area contributed by atoms with Gasteiger partial charge in [0.25, 0.3) is 0 Å². The Hall–Kier alpha value is -1.84. The van der Waals surface area contributed by atoms with Gasteiger partial charge in [-0.3, -0.25) is 9.59 Å². The number of para-hydroxylation sites is 1. The minimum atomic E-state index is -0.518. The van der Waals surface area contributed by atoms with Crippen LogP contribution in [0.1, 0.15) is 37.0 Å². The molecular formula is C16H19NO3.